The average molecular weight is 618 g/mol. The Kier molecular flexibility index (Phi) is 6.72. The van der Waals surface area contributed by atoms with Crippen molar-refractivity contribution < 1.29 is 0 Å². The highest BCUT2D eigenvalue weighted by molar-refractivity contribution is 7.99. The Morgan fingerprint density at radius 3 is 1.55 bits per heavy atom. The summed E-state index contributed by atoms with van der Waals surface area (Å²) in [6.07, 6.45) is 0. The van der Waals surface area contributed by atoms with E-state index in [2.05, 4.69) is 103 Å². The number of aromatic nitrogens is 3. The highest BCUT2D eigenvalue weighted by Gasteiger charge is 2.22. The average Bonchev–Trinajstić information content (AvgIpc) is 3.16. The standard InChI is InChI=1S/C43H27N3S/c1-4-12-28(13-5-1)31-18-10-19-32(26-31)34-23-25-39-40-35(34)20-11-21-36(40)37-27-33(22-24-38(37)47-39)43-45-41(29-14-6-2-7-15-29)44-42(46-43)30-16-8-3-9-17-30/h1-27H. The molecule has 0 N–H and O–H groups in total. The fraction of sp³-hybridized carbons (Fsp3) is 0. The summed E-state index contributed by atoms with van der Waals surface area (Å²) in [6, 6.07) is 57.5. The molecule has 1 aliphatic heterocycles. The maximum Gasteiger partial charge on any atom is 0.164 e. The third kappa shape index (κ3) is 5.00. The third-order valence-electron chi connectivity index (χ3n) is 8.73. The quantitative estimate of drug-likeness (QED) is 0.193. The van der Waals surface area contributed by atoms with E-state index in [1.54, 1.807) is 0 Å². The molecular formula is C43H27N3S. The topological polar surface area (TPSA) is 38.7 Å². The molecule has 2 heterocycles. The number of benzene rings is 7. The van der Waals surface area contributed by atoms with Crippen LogP contribution >= 0.6 is 11.8 Å². The van der Waals surface area contributed by atoms with Crippen LogP contribution in [0.4, 0.5) is 0 Å². The lowest BCUT2D eigenvalue weighted by molar-refractivity contribution is 1.07. The summed E-state index contributed by atoms with van der Waals surface area (Å²) in [5.74, 6) is 1.99. The van der Waals surface area contributed by atoms with Crippen molar-refractivity contribution in [1.29, 1.82) is 0 Å². The molecule has 7 aromatic carbocycles. The highest BCUT2D eigenvalue weighted by Crippen LogP contribution is 2.50. The fourth-order valence-corrected chi connectivity index (χ4v) is 7.57. The van der Waals surface area contributed by atoms with Gasteiger partial charge in [0.05, 0.1) is 0 Å². The number of nitrogens with zero attached hydrogens (tertiary/aromatic N) is 3. The van der Waals surface area contributed by atoms with Crippen molar-refractivity contribution in [3.05, 3.63) is 164 Å². The predicted molar refractivity (Wildman–Crippen MR) is 194 cm³/mol. The van der Waals surface area contributed by atoms with Crippen LogP contribution in [0.3, 0.4) is 0 Å². The van der Waals surface area contributed by atoms with Crippen LogP contribution in [0.1, 0.15) is 0 Å². The normalized spacial score (nSPS) is 11.7. The molecule has 0 unspecified atom stereocenters. The molecule has 0 amide bonds. The number of hydrogen-bond acceptors (Lipinski definition) is 4. The predicted octanol–water partition coefficient (Wildman–Crippen LogP) is 11.5. The van der Waals surface area contributed by atoms with E-state index in [4.69, 9.17) is 15.0 Å². The monoisotopic (exact) mass is 617 g/mol. The third-order valence-corrected chi connectivity index (χ3v) is 9.87. The second kappa shape index (κ2) is 11.5. The highest BCUT2D eigenvalue weighted by atomic mass is 32.2. The van der Waals surface area contributed by atoms with Crippen molar-refractivity contribution in [2.75, 3.05) is 0 Å². The molecule has 1 aliphatic rings. The fourth-order valence-electron chi connectivity index (χ4n) is 6.46. The van der Waals surface area contributed by atoms with Gasteiger partial charge >= 0.3 is 0 Å². The van der Waals surface area contributed by atoms with Crippen LogP contribution in [0.15, 0.2) is 174 Å². The second-order valence-electron chi connectivity index (χ2n) is 11.6. The van der Waals surface area contributed by atoms with Gasteiger partial charge in [-0.2, -0.15) is 0 Å². The van der Waals surface area contributed by atoms with Crippen LogP contribution in [-0.2, 0) is 0 Å². The molecule has 8 aromatic rings. The zero-order valence-electron chi connectivity index (χ0n) is 25.3. The minimum atomic E-state index is 0.662. The van der Waals surface area contributed by atoms with Crippen molar-refractivity contribution >= 4 is 22.5 Å². The second-order valence-corrected chi connectivity index (χ2v) is 12.7. The van der Waals surface area contributed by atoms with Crippen molar-refractivity contribution in [3.8, 4) is 67.5 Å². The van der Waals surface area contributed by atoms with E-state index in [1.807, 2.05) is 72.4 Å². The summed E-state index contributed by atoms with van der Waals surface area (Å²) >= 11 is 1.83. The van der Waals surface area contributed by atoms with Gasteiger partial charge in [-0.3, -0.25) is 0 Å². The van der Waals surface area contributed by atoms with E-state index >= 15 is 0 Å². The first-order valence-electron chi connectivity index (χ1n) is 15.7. The zero-order chi connectivity index (χ0) is 31.2. The lowest BCUT2D eigenvalue weighted by Crippen LogP contribution is -2.01. The number of fused-ring (bicyclic) bond motifs is 2. The van der Waals surface area contributed by atoms with Gasteiger partial charge in [0.1, 0.15) is 0 Å². The Morgan fingerprint density at radius 2 is 0.872 bits per heavy atom. The van der Waals surface area contributed by atoms with Crippen molar-refractivity contribution in [2.24, 2.45) is 0 Å². The van der Waals surface area contributed by atoms with E-state index in [9.17, 15) is 0 Å². The molecule has 9 rings (SSSR count). The molecule has 0 aliphatic carbocycles. The number of hydrogen-bond donors (Lipinski definition) is 0. The smallest absolute Gasteiger partial charge is 0.164 e. The largest absolute Gasteiger partial charge is 0.208 e. The Labute approximate surface area is 277 Å². The van der Waals surface area contributed by atoms with Crippen LogP contribution in [0, 0.1) is 0 Å². The molecule has 3 nitrogen and oxygen atoms in total. The van der Waals surface area contributed by atoms with Crippen molar-refractivity contribution in [3.63, 3.8) is 0 Å². The van der Waals surface area contributed by atoms with Crippen LogP contribution in [0.2, 0.25) is 0 Å². The van der Waals surface area contributed by atoms with Gasteiger partial charge in [-0.25, -0.2) is 15.0 Å². The van der Waals surface area contributed by atoms with Crippen LogP contribution in [-0.4, -0.2) is 15.0 Å². The maximum atomic E-state index is 5.00. The molecule has 4 heteroatoms. The summed E-state index contributed by atoms with van der Waals surface area (Å²) in [5.41, 5.74) is 10.2. The van der Waals surface area contributed by atoms with Gasteiger partial charge in [0.15, 0.2) is 17.5 Å². The molecule has 0 radical (unpaired) electrons. The van der Waals surface area contributed by atoms with E-state index in [0.29, 0.717) is 17.5 Å². The molecule has 0 atom stereocenters. The van der Waals surface area contributed by atoms with Gasteiger partial charge < -0.3 is 0 Å². The molecule has 0 fully saturated rings. The first-order valence-corrected chi connectivity index (χ1v) is 16.5. The lowest BCUT2D eigenvalue weighted by atomic mass is 9.91. The van der Waals surface area contributed by atoms with E-state index < -0.39 is 0 Å². The van der Waals surface area contributed by atoms with E-state index in [0.717, 1.165) is 16.7 Å². The van der Waals surface area contributed by atoms with E-state index in [-0.39, 0.29) is 0 Å². The summed E-state index contributed by atoms with van der Waals surface area (Å²) in [4.78, 5) is 17.4. The summed E-state index contributed by atoms with van der Waals surface area (Å²) < 4.78 is 0. The Morgan fingerprint density at radius 1 is 0.319 bits per heavy atom. The van der Waals surface area contributed by atoms with Gasteiger partial charge in [0.25, 0.3) is 0 Å². The zero-order valence-corrected chi connectivity index (χ0v) is 26.2. The minimum absolute atomic E-state index is 0.662. The first kappa shape index (κ1) is 27.5. The molecule has 0 saturated carbocycles. The Bertz CT molecular complexity index is 2370. The molecule has 220 valence electrons. The first-order chi connectivity index (χ1) is 23.3. The minimum Gasteiger partial charge on any atom is -0.208 e. The Hall–Kier alpha value is -5.84. The van der Waals surface area contributed by atoms with Gasteiger partial charge in [0, 0.05) is 31.9 Å². The maximum absolute atomic E-state index is 5.00. The van der Waals surface area contributed by atoms with E-state index in [1.165, 1.54) is 53.9 Å². The van der Waals surface area contributed by atoms with Gasteiger partial charge in [-0.15, -0.1) is 0 Å². The van der Waals surface area contributed by atoms with Gasteiger partial charge in [-0.1, -0.05) is 151 Å². The van der Waals surface area contributed by atoms with Crippen LogP contribution in [0.5, 0.6) is 0 Å². The molecule has 0 spiro atoms. The lowest BCUT2D eigenvalue weighted by Gasteiger charge is -2.22. The van der Waals surface area contributed by atoms with Gasteiger partial charge in [-0.05, 0) is 63.0 Å². The van der Waals surface area contributed by atoms with Crippen LogP contribution in [0.25, 0.3) is 78.3 Å². The van der Waals surface area contributed by atoms with Crippen molar-refractivity contribution in [2.45, 2.75) is 9.79 Å². The molecule has 1 aromatic heterocycles. The number of rotatable bonds is 5. The summed E-state index contributed by atoms with van der Waals surface area (Å²) in [6.45, 7) is 0. The Balaban J connectivity index is 1.18. The molecular weight excluding hydrogens is 591 g/mol. The van der Waals surface area contributed by atoms with Crippen LogP contribution < -0.4 is 0 Å². The molecule has 0 bridgehead atoms. The van der Waals surface area contributed by atoms with Gasteiger partial charge in [0.2, 0.25) is 0 Å². The van der Waals surface area contributed by atoms with Crippen molar-refractivity contribution in [1.82, 2.24) is 15.0 Å². The SMILES string of the molecule is c1ccc(-c2cccc(-c3ccc4c5c(cccc35)-c3cc(-c5nc(-c6ccccc6)nc(-c6ccccc6)n5)ccc3S4)c2)cc1. The summed E-state index contributed by atoms with van der Waals surface area (Å²) in [5, 5.41) is 2.54. The summed E-state index contributed by atoms with van der Waals surface area (Å²) in [7, 11) is 0. The molecule has 0 saturated heterocycles. The molecule has 47 heavy (non-hydrogen) atoms.